The van der Waals surface area contributed by atoms with Crippen molar-refractivity contribution in [2.75, 3.05) is 13.2 Å². The minimum Gasteiger partial charge on any atom is -0.461 e. The Balaban J connectivity index is 3.40. The van der Waals surface area contributed by atoms with Gasteiger partial charge in [-0.25, -0.2) is 4.79 Å². The first-order chi connectivity index (χ1) is 12.9. The van der Waals surface area contributed by atoms with Crippen LogP contribution in [-0.2, 0) is 9.53 Å². The molecular formula is C24H47NO2. The molecule has 0 saturated heterocycles. The molecule has 0 amide bonds. The van der Waals surface area contributed by atoms with Gasteiger partial charge in [0.25, 0.3) is 0 Å². The zero-order valence-corrected chi connectivity index (χ0v) is 18.8. The lowest BCUT2D eigenvalue weighted by Gasteiger charge is -2.26. The van der Waals surface area contributed by atoms with Crippen molar-refractivity contribution in [3.05, 3.63) is 12.2 Å². The van der Waals surface area contributed by atoms with E-state index in [1.165, 1.54) is 89.9 Å². The van der Waals surface area contributed by atoms with Gasteiger partial charge in [-0.15, -0.1) is 0 Å². The van der Waals surface area contributed by atoms with E-state index in [9.17, 15) is 4.79 Å². The lowest BCUT2D eigenvalue weighted by atomic mass is 9.96. The van der Waals surface area contributed by atoms with Crippen molar-refractivity contribution >= 4 is 5.97 Å². The molecule has 0 atom stereocenters. The van der Waals surface area contributed by atoms with Crippen molar-refractivity contribution in [3.8, 4) is 0 Å². The van der Waals surface area contributed by atoms with Crippen LogP contribution in [0.5, 0.6) is 0 Å². The molecule has 0 bridgehead atoms. The minimum absolute atomic E-state index is 0.105. The van der Waals surface area contributed by atoms with Gasteiger partial charge in [-0.1, -0.05) is 97.0 Å². The van der Waals surface area contributed by atoms with E-state index in [1.54, 1.807) is 6.92 Å². The van der Waals surface area contributed by atoms with Gasteiger partial charge in [0, 0.05) is 17.7 Å². The monoisotopic (exact) mass is 381 g/mol. The number of rotatable bonds is 19. The van der Waals surface area contributed by atoms with Gasteiger partial charge in [0.15, 0.2) is 0 Å². The Kier molecular flexibility index (Phi) is 16.7. The lowest BCUT2D eigenvalue weighted by Crippen LogP contribution is -2.41. The lowest BCUT2D eigenvalue weighted by molar-refractivity contribution is -0.138. The number of unbranched alkanes of at least 4 members (excludes halogenated alkanes) is 12. The van der Waals surface area contributed by atoms with E-state index in [2.05, 4.69) is 32.7 Å². The molecule has 160 valence electrons. The molecule has 0 saturated carbocycles. The topological polar surface area (TPSA) is 38.3 Å². The molecule has 0 aromatic carbocycles. The third-order valence-corrected chi connectivity index (χ3v) is 5.19. The SMILES string of the molecule is C=C(C)C(=O)OCCNC(C)(C)CCCCCCCCCCCCCCC. The first kappa shape index (κ1) is 26.2. The molecule has 0 rings (SSSR count). The summed E-state index contributed by atoms with van der Waals surface area (Å²) in [6.07, 6.45) is 19.3. The van der Waals surface area contributed by atoms with Crippen LogP contribution in [0.15, 0.2) is 12.2 Å². The van der Waals surface area contributed by atoms with Gasteiger partial charge in [-0.2, -0.15) is 0 Å². The Bertz CT molecular complexity index is 377. The summed E-state index contributed by atoms with van der Waals surface area (Å²) in [7, 11) is 0. The van der Waals surface area contributed by atoms with Crippen molar-refractivity contribution in [1.82, 2.24) is 5.32 Å². The highest BCUT2D eigenvalue weighted by Crippen LogP contribution is 2.16. The smallest absolute Gasteiger partial charge is 0.333 e. The average molecular weight is 382 g/mol. The molecule has 1 N–H and O–H groups in total. The predicted octanol–water partition coefficient (Wildman–Crippen LogP) is 6.96. The molecular weight excluding hydrogens is 334 g/mol. The van der Waals surface area contributed by atoms with Crippen LogP contribution in [0.2, 0.25) is 0 Å². The highest BCUT2D eigenvalue weighted by Gasteiger charge is 2.16. The number of carbonyl (C=O) groups is 1. The zero-order chi connectivity index (χ0) is 20.4. The van der Waals surface area contributed by atoms with E-state index >= 15 is 0 Å². The second-order valence-electron chi connectivity index (χ2n) is 8.72. The molecule has 0 spiro atoms. The molecule has 0 aliphatic rings. The van der Waals surface area contributed by atoms with E-state index in [1.807, 2.05) is 0 Å². The number of esters is 1. The van der Waals surface area contributed by atoms with Crippen molar-refractivity contribution in [2.45, 2.75) is 123 Å². The van der Waals surface area contributed by atoms with Gasteiger partial charge < -0.3 is 10.1 Å². The molecule has 0 fully saturated rings. The molecule has 0 aliphatic heterocycles. The normalized spacial score (nSPS) is 11.6. The zero-order valence-electron chi connectivity index (χ0n) is 18.8. The molecule has 27 heavy (non-hydrogen) atoms. The van der Waals surface area contributed by atoms with Crippen molar-refractivity contribution in [1.29, 1.82) is 0 Å². The summed E-state index contributed by atoms with van der Waals surface area (Å²) in [5.41, 5.74) is 0.564. The maximum absolute atomic E-state index is 11.3. The first-order valence-corrected chi connectivity index (χ1v) is 11.5. The van der Waals surface area contributed by atoms with E-state index in [0.717, 1.165) is 0 Å². The summed E-state index contributed by atoms with van der Waals surface area (Å²) in [5, 5.41) is 3.49. The second kappa shape index (κ2) is 17.3. The minimum atomic E-state index is -0.300. The molecule has 3 nitrogen and oxygen atoms in total. The summed E-state index contributed by atoms with van der Waals surface area (Å²) in [6, 6.07) is 0. The number of ether oxygens (including phenoxy) is 1. The predicted molar refractivity (Wildman–Crippen MR) is 118 cm³/mol. The molecule has 0 aliphatic carbocycles. The number of nitrogens with one attached hydrogen (secondary N) is 1. The Morgan fingerprint density at radius 3 is 1.74 bits per heavy atom. The molecule has 0 aromatic rings. The van der Waals surface area contributed by atoms with Gasteiger partial charge >= 0.3 is 5.97 Å². The molecule has 3 heteroatoms. The third-order valence-electron chi connectivity index (χ3n) is 5.19. The van der Waals surface area contributed by atoms with Gasteiger partial charge in [0.05, 0.1) is 0 Å². The summed E-state index contributed by atoms with van der Waals surface area (Å²) >= 11 is 0. The first-order valence-electron chi connectivity index (χ1n) is 11.5. The Hall–Kier alpha value is -0.830. The van der Waals surface area contributed by atoms with Crippen LogP contribution in [0.25, 0.3) is 0 Å². The van der Waals surface area contributed by atoms with Crippen molar-refractivity contribution < 1.29 is 9.53 Å². The summed E-state index contributed by atoms with van der Waals surface area (Å²) in [4.78, 5) is 11.3. The third kappa shape index (κ3) is 18.3. The Labute approximate surface area is 169 Å². The summed E-state index contributed by atoms with van der Waals surface area (Å²) in [6.45, 7) is 13.1. The van der Waals surface area contributed by atoms with Crippen LogP contribution < -0.4 is 5.32 Å². The standard InChI is InChI=1S/C24H47NO2/c1-6-7-8-9-10-11-12-13-14-15-16-17-18-19-24(4,5)25-20-21-27-23(26)22(2)3/h25H,2,6-21H2,1,3-5H3. The van der Waals surface area contributed by atoms with Crippen molar-refractivity contribution in [3.63, 3.8) is 0 Å². The van der Waals surface area contributed by atoms with Gasteiger partial charge in [0.1, 0.15) is 6.61 Å². The fraction of sp³-hybridized carbons (Fsp3) is 0.875. The number of hydrogen-bond acceptors (Lipinski definition) is 3. The molecule has 0 heterocycles. The van der Waals surface area contributed by atoms with Crippen LogP contribution >= 0.6 is 0 Å². The fourth-order valence-corrected chi connectivity index (χ4v) is 3.33. The molecule has 0 radical (unpaired) electrons. The average Bonchev–Trinajstić information content (AvgIpc) is 2.62. The highest BCUT2D eigenvalue weighted by molar-refractivity contribution is 5.86. The largest absolute Gasteiger partial charge is 0.461 e. The fourth-order valence-electron chi connectivity index (χ4n) is 3.33. The van der Waals surface area contributed by atoms with E-state index in [0.29, 0.717) is 18.7 Å². The number of hydrogen-bond donors (Lipinski definition) is 1. The second-order valence-corrected chi connectivity index (χ2v) is 8.72. The van der Waals surface area contributed by atoms with Crippen LogP contribution in [0.3, 0.4) is 0 Å². The maximum Gasteiger partial charge on any atom is 0.333 e. The van der Waals surface area contributed by atoms with Crippen LogP contribution in [-0.4, -0.2) is 24.7 Å². The maximum atomic E-state index is 11.3. The highest BCUT2D eigenvalue weighted by atomic mass is 16.5. The van der Waals surface area contributed by atoms with Gasteiger partial charge in [-0.05, 0) is 27.2 Å². The van der Waals surface area contributed by atoms with Crippen LogP contribution in [0, 0.1) is 0 Å². The van der Waals surface area contributed by atoms with Crippen molar-refractivity contribution in [2.24, 2.45) is 0 Å². The van der Waals surface area contributed by atoms with E-state index < -0.39 is 0 Å². The van der Waals surface area contributed by atoms with E-state index in [-0.39, 0.29) is 11.5 Å². The van der Waals surface area contributed by atoms with E-state index in [4.69, 9.17) is 4.74 Å². The van der Waals surface area contributed by atoms with Crippen LogP contribution in [0.4, 0.5) is 0 Å². The quantitative estimate of drug-likeness (QED) is 0.149. The van der Waals surface area contributed by atoms with Gasteiger partial charge in [-0.3, -0.25) is 0 Å². The van der Waals surface area contributed by atoms with Crippen LogP contribution in [0.1, 0.15) is 118 Å². The molecule has 0 aromatic heterocycles. The Morgan fingerprint density at radius 2 is 1.30 bits per heavy atom. The number of carbonyl (C=O) groups excluding carboxylic acids is 1. The van der Waals surface area contributed by atoms with Gasteiger partial charge in [0.2, 0.25) is 0 Å². The molecule has 0 unspecified atom stereocenters. The Morgan fingerprint density at radius 1 is 0.852 bits per heavy atom. The summed E-state index contributed by atoms with van der Waals surface area (Å²) < 4.78 is 5.12. The summed E-state index contributed by atoms with van der Waals surface area (Å²) in [5.74, 6) is -0.300.